The lowest BCUT2D eigenvalue weighted by Crippen LogP contribution is -2.40. The molecule has 39 heavy (non-hydrogen) atoms. The number of halogens is 1. The van der Waals surface area contributed by atoms with Gasteiger partial charge < -0.3 is 4.90 Å². The minimum Gasteiger partial charge on any atom is -0.303 e. The van der Waals surface area contributed by atoms with E-state index in [0.29, 0.717) is 27.9 Å². The molecular formula is C29H30ClN3O4S2. The van der Waals surface area contributed by atoms with Crippen LogP contribution in [-0.4, -0.2) is 70.2 Å². The van der Waals surface area contributed by atoms with Crippen molar-refractivity contribution in [1.29, 1.82) is 0 Å². The molecule has 0 spiro atoms. The Morgan fingerprint density at radius 3 is 1.56 bits per heavy atom. The Morgan fingerprint density at radius 1 is 0.744 bits per heavy atom. The van der Waals surface area contributed by atoms with Gasteiger partial charge in [-0.25, -0.2) is 0 Å². The molecule has 0 radical (unpaired) electrons. The first-order valence-corrected chi connectivity index (χ1v) is 14.5. The lowest BCUT2D eigenvalue weighted by atomic mass is 9.87. The zero-order valence-electron chi connectivity index (χ0n) is 22.3. The van der Waals surface area contributed by atoms with Crippen molar-refractivity contribution in [2.24, 2.45) is 0 Å². The highest BCUT2D eigenvalue weighted by molar-refractivity contribution is 8.18. The van der Waals surface area contributed by atoms with Crippen molar-refractivity contribution in [2.75, 3.05) is 33.2 Å². The van der Waals surface area contributed by atoms with E-state index in [1.54, 1.807) is 36.4 Å². The Balaban J connectivity index is 1.29. The molecule has 2 aliphatic heterocycles. The maximum atomic E-state index is 12.9. The van der Waals surface area contributed by atoms with Crippen LogP contribution in [0.5, 0.6) is 0 Å². The smallest absolute Gasteiger partial charge is 0.293 e. The van der Waals surface area contributed by atoms with Crippen molar-refractivity contribution in [3.05, 3.63) is 80.1 Å². The maximum absolute atomic E-state index is 12.9. The van der Waals surface area contributed by atoms with E-state index in [9.17, 15) is 19.2 Å². The van der Waals surface area contributed by atoms with Gasteiger partial charge in [-0.2, -0.15) is 0 Å². The van der Waals surface area contributed by atoms with Gasteiger partial charge in [-0.15, -0.1) is 0 Å². The van der Waals surface area contributed by atoms with Crippen molar-refractivity contribution in [2.45, 2.75) is 26.2 Å². The molecule has 7 nitrogen and oxygen atoms in total. The van der Waals surface area contributed by atoms with E-state index in [1.807, 2.05) is 36.2 Å². The molecule has 2 heterocycles. The van der Waals surface area contributed by atoms with Gasteiger partial charge in [0.25, 0.3) is 22.3 Å². The van der Waals surface area contributed by atoms with Gasteiger partial charge >= 0.3 is 0 Å². The van der Waals surface area contributed by atoms with Gasteiger partial charge in [0.1, 0.15) is 0 Å². The van der Waals surface area contributed by atoms with Gasteiger partial charge in [0.05, 0.1) is 9.81 Å². The topological polar surface area (TPSA) is 78.0 Å². The maximum Gasteiger partial charge on any atom is 0.293 e. The van der Waals surface area contributed by atoms with Crippen molar-refractivity contribution < 1.29 is 19.2 Å². The fourth-order valence-electron chi connectivity index (χ4n) is 3.98. The van der Waals surface area contributed by atoms with Crippen LogP contribution in [0.25, 0.3) is 12.2 Å². The average molecular weight is 584 g/mol. The van der Waals surface area contributed by atoms with Crippen molar-refractivity contribution in [3.63, 3.8) is 0 Å². The van der Waals surface area contributed by atoms with E-state index in [-0.39, 0.29) is 40.8 Å². The van der Waals surface area contributed by atoms with Gasteiger partial charge in [0, 0.05) is 31.2 Å². The van der Waals surface area contributed by atoms with Crippen molar-refractivity contribution >= 4 is 69.6 Å². The summed E-state index contributed by atoms with van der Waals surface area (Å²) in [5.41, 5.74) is 2.89. The van der Waals surface area contributed by atoms with Crippen LogP contribution >= 0.6 is 35.1 Å². The zero-order valence-corrected chi connectivity index (χ0v) is 24.7. The third-order valence-electron chi connectivity index (χ3n) is 6.40. The van der Waals surface area contributed by atoms with E-state index in [4.69, 9.17) is 11.6 Å². The fourth-order valence-corrected chi connectivity index (χ4v) is 5.84. The molecule has 0 N–H and O–H groups in total. The number of rotatable bonds is 8. The van der Waals surface area contributed by atoms with Crippen LogP contribution in [0.15, 0.2) is 58.3 Å². The number of carbonyl (C=O) groups is 4. The molecule has 2 aromatic carbocycles. The minimum atomic E-state index is -0.333. The van der Waals surface area contributed by atoms with Gasteiger partial charge in [-0.05, 0) is 77.0 Å². The number of likely N-dealkylation sites (N-methyl/N-ethyl adjacent to an activating group) is 1. The second-order valence-corrected chi connectivity index (χ2v) is 12.8. The summed E-state index contributed by atoms with van der Waals surface area (Å²) in [7, 11) is 1.83. The quantitative estimate of drug-likeness (QED) is 0.335. The molecule has 4 amide bonds. The SMILES string of the molecule is CN(CCN1C(=O)SC(=Cc2ccc(Cl)cc2)C1=O)CCN1C(=O)SC(=Cc2ccc(C(C)(C)C)cc2)C1=O. The highest BCUT2D eigenvalue weighted by atomic mass is 35.5. The van der Waals surface area contributed by atoms with Gasteiger partial charge in [-0.1, -0.05) is 68.8 Å². The predicted octanol–water partition coefficient (Wildman–Crippen LogP) is 6.34. The Hall–Kier alpha value is -2.85. The fraction of sp³-hybridized carbons (Fsp3) is 0.310. The van der Waals surface area contributed by atoms with Crippen LogP contribution in [-0.2, 0) is 15.0 Å². The molecule has 0 bridgehead atoms. The van der Waals surface area contributed by atoms with E-state index in [2.05, 4.69) is 20.8 Å². The van der Waals surface area contributed by atoms with Crippen LogP contribution in [0.1, 0.15) is 37.5 Å². The monoisotopic (exact) mass is 583 g/mol. The lowest BCUT2D eigenvalue weighted by molar-refractivity contribution is -0.123. The number of hydrogen-bond donors (Lipinski definition) is 0. The normalized spacial score (nSPS) is 18.5. The molecule has 0 atom stereocenters. The van der Waals surface area contributed by atoms with E-state index < -0.39 is 0 Å². The van der Waals surface area contributed by atoms with Crippen LogP contribution in [0.3, 0.4) is 0 Å². The van der Waals surface area contributed by atoms with Crippen LogP contribution in [0.4, 0.5) is 9.59 Å². The molecule has 2 aliphatic rings. The summed E-state index contributed by atoms with van der Waals surface area (Å²) >= 11 is 7.76. The van der Waals surface area contributed by atoms with E-state index in [0.717, 1.165) is 34.7 Å². The third kappa shape index (κ3) is 7.22. The largest absolute Gasteiger partial charge is 0.303 e. The Labute approximate surface area is 242 Å². The van der Waals surface area contributed by atoms with E-state index >= 15 is 0 Å². The van der Waals surface area contributed by atoms with Crippen LogP contribution < -0.4 is 0 Å². The highest BCUT2D eigenvalue weighted by Gasteiger charge is 2.36. The summed E-state index contributed by atoms with van der Waals surface area (Å²) in [4.78, 5) is 55.8. The van der Waals surface area contributed by atoms with Crippen molar-refractivity contribution in [1.82, 2.24) is 14.7 Å². The van der Waals surface area contributed by atoms with Crippen LogP contribution in [0, 0.1) is 0 Å². The number of carbonyl (C=O) groups excluding carboxylic acids is 4. The first-order chi connectivity index (χ1) is 18.4. The zero-order chi connectivity index (χ0) is 28.3. The second kappa shape index (κ2) is 12.1. The molecular weight excluding hydrogens is 554 g/mol. The molecule has 0 aliphatic carbocycles. The molecule has 2 saturated heterocycles. The summed E-state index contributed by atoms with van der Waals surface area (Å²) in [6, 6.07) is 15.0. The number of thioether (sulfide) groups is 2. The summed E-state index contributed by atoms with van der Waals surface area (Å²) < 4.78 is 0. The minimum absolute atomic E-state index is 0.0347. The third-order valence-corrected chi connectivity index (χ3v) is 8.47. The Morgan fingerprint density at radius 2 is 1.15 bits per heavy atom. The number of benzene rings is 2. The van der Waals surface area contributed by atoms with Crippen LogP contribution in [0.2, 0.25) is 5.02 Å². The number of amides is 4. The number of imide groups is 2. The molecule has 204 valence electrons. The van der Waals surface area contributed by atoms with E-state index in [1.165, 1.54) is 15.4 Å². The highest BCUT2D eigenvalue weighted by Crippen LogP contribution is 2.33. The first kappa shape index (κ1) is 29.1. The molecule has 2 fully saturated rings. The van der Waals surface area contributed by atoms with Crippen molar-refractivity contribution in [3.8, 4) is 0 Å². The predicted molar refractivity (Wildman–Crippen MR) is 159 cm³/mol. The summed E-state index contributed by atoms with van der Waals surface area (Å²) in [5.74, 6) is -0.642. The average Bonchev–Trinajstić information content (AvgIpc) is 3.30. The summed E-state index contributed by atoms with van der Waals surface area (Å²) in [6.07, 6.45) is 3.43. The summed E-state index contributed by atoms with van der Waals surface area (Å²) in [6.45, 7) is 7.69. The van der Waals surface area contributed by atoms with Gasteiger partial charge in [-0.3, -0.25) is 29.0 Å². The Bertz CT molecular complexity index is 1350. The first-order valence-electron chi connectivity index (χ1n) is 12.5. The molecule has 0 unspecified atom stereocenters. The lowest BCUT2D eigenvalue weighted by Gasteiger charge is -2.22. The number of nitrogens with zero attached hydrogens (tertiary/aromatic N) is 3. The molecule has 10 heteroatoms. The molecule has 2 aromatic rings. The molecule has 4 rings (SSSR count). The molecule has 0 saturated carbocycles. The van der Waals surface area contributed by atoms with Gasteiger partial charge in [0.15, 0.2) is 0 Å². The summed E-state index contributed by atoms with van der Waals surface area (Å²) in [5, 5.41) is -0.0261. The Kier molecular flexibility index (Phi) is 9.06. The standard InChI is InChI=1S/C29H30ClN3O4S2/c1-29(2,3)21-9-5-19(6-10-21)17-23-25(34)32(27(36)38-23)15-13-31(4)14-16-33-26(35)24(39-28(33)37)18-20-7-11-22(30)12-8-20/h5-12,17-18H,13-16H2,1-4H3. The van der Waals surface area contributed by atoms with Gasteiger partial charge in [0.2, 0.25) is 0 Å². The second-order valence-electron chi connectivity index (χ2n) is 10.4. The molecule has 0 aromatic heterocycles. The number of hydrogen-bond acceptors (Lipinski definition) is 7.